The average Bonchev–Trinajstić information content (AvgIpc) is 2.81. The highest BCUT2D eigenvalue weighted by Gasteiger charge is 2.10. The molecule has 0 aliphatic carbocycles. The summed E-state index contributed by atoms with van der Waals surface area (Å²) in [5.74, 6) is -0.260. The molecule has 2 aromatic rings. The molecule has 1 unspecified atom stereocenters. The van der Waals surface area contributed by atoms with Crippen molar-refractivity contribution in [3.8, 4) is 0 Å². The molecule has 96 valence electrons. The molecular formula is C13H16FN3O. The predicted molar refractivity (Wildman–Crippen MR) is 65.5 cm³/mol. The van der Waals surface area contributed by atoms with Gasteiger partial charge in [-0.15, -0.1) is 5.10 Å². The molecular weight excluding hydrogens is 233 g/mol. The zero-order chi connectivity index (χ0) is 13.1. The highest BCUT2D eigenvalue weighted by atomic mass is 19.1. The van der Waals surface area contributed by atoms with E-state index in [0.29, 0.717) is 18.7 Å². The van der Waals surface area contributed by atoms with Crippen LogP contribution in [0.25, 0.3) is 0 Å². The maximum atomic E-state index is 13.2. The van der Waals surface area contributed by atoms with E-state index in [-0.39, 0.29) is 5.82 Å². The van der Waals surface area contributed by atoms with Gasteiger partial charge >= 0.3 is 0 Å². The van der Waals surface area contributed by atoms with Crippen LogP contribution in [-0.2, 0) is 6.54 Å². The van der Waals surface area contributed by atoms with E-state index in [9.17, 15) is 9.50 Å². The van der Waals surface area contributed by atoms with Gasteiger partial charge < -0.3 is 5.11 Å². The van der Waals surface area contributed by atoms with Crippen LogP contribution < -0.4 is 0 Å². The number of rotatable bonds is 4. The van der Waals surface area contributed by atoms with Gasteiger partial charge in [0, 0.05) is 0 Å². The lowest BCUT2D eigenvalue weighted by atomic mass is 10.1. The number of halogens is 1. The van der Waals surface area contributed by atoms with Crippen molar-refractivity contribution in [1.29, 1.82) is 0 Å². The number of benzene rings is 1. The summed E-state index contributed by atoms with van der Waals surface area (Å²) >= 11 is 0. The molecule has 0 amide bonds. The van der Waals surface area contributed by atoms with Gasteiger partial charge in [-0.3, -0.25) is 0 Å². The molecule has 1 heterocycles. The fourth-order valence-corrected chi connectivity index (χ4v) is 1.74. The number of hydrogen-bond acceptors (Lipinski definition) is 3. The summed E-state index contributed by atoms with van der Waals surface area (Å²) in [5.41, 5.74) is 2.41. The monoisotopic (exact) mass is 249 g/mol. The van der Waals surface area contributed by atoms with Crippen LogP contribution in [0.15, 0.2) is 24.4 Å². The van der Waals surface area contributed by atoms with Gasteiger partial charge in [-0.1, -0.05) is 18.2 Å². The normalized spacial score (nSPS) is 12.7. The summed E-state index contributed by atoms with van der Waals surface area (Å²) in [6.07, 6.45) is 1.70. The maximum absolute atomic E-state index is 13.2. The van der Waals surface area contributed by atoms with Gasteiger partial charge in [0.1, 0.15) is 11.5 Å². The molecule has 5 heteroatoms. The Hall–Kier alpha value is -1.75. The Labute approximate surface area is 105 Å². The van der Waals surface area contributed by atoms with E-state index in [1.165, 1.54) is 12.1 Å². The van der Waals surface area contributed by atoms with Crippen LogP contribution in [0.3, 0.4) is 0 Å². The zero-order valence-electron chi connectivity index (χ0n) is 10.5. The molecule has 0 aliphatic rings. The lowest BCUT2D eigenvalue weighted by Crippen LogP contribution is -2.02. The largest absolute Gasteiger partial charge is 0.387 e. The molecule has 1 aromatic heterocycles. The predicted octanol–water partition coefficient (Wildman–Crippen LogP) is 2.22. The third-order valence-electron chi connectivity index (χ3n) is 2.93. The number of aromatic nitrogens is 3. The second-order valence-electron chi connectivity index (χ2n) is 4.34. The first-order valence-electron chi connectivity index (χ1n) is 5.93. The van der Waals surface area contributed by atoms with Crippen LogP contribution in [-0.4, -0.2) is 20.1 Å². The Morgan fingerprint density at radius 3 is 2.94 bits per heavy atom. The lowest BCUT2D eigenvalue weighted by molar-refractivity contribution is 0.168. The fourth-order valence-electron chi connectivity index (χ4n) is 1.74. The average molecular weight is 249 g/mol. The standard InChI is InChI=1S/C13H16FN3O/c1-3-13(18)12-8-17(16-15-12)7-10-6-11(14)5-4-9(10)2/h4-6,8,13,18H,3,7H2,1-2H3. The molecule has 0 saturated carbocycles. The first kappa shape index (κ1) is 12.7. The van der Waals surface area contributed by atoms with E-state index < -0.39 is 6.10 Å². The fraction of sp³-hybridized carbons (Fsp3) is 0.385. The third kappa shape index (κ3) is 2.73. The molecule has 1 aromatic carbocycles. The van der Waals surface area contributed by atoms with Crippen LogP contribution in [0.1, 0.15) is 36.3 Å². The van der Waals surface area contributed by atoms with E-state index in [2.05, 4.69) is 10.3 Å². The van der Waals surface area contributed by atoms with Crippen LogP contribution in [0.2, 0.25) is 0 Å². The molecule has 1 N–H and O–H groups in total. The highest BCUT2D eigenvalue weighted by molar-refractivity contribution is 5.26. The number of nitrogens with zero attached hydrogens (tertiary/aromatic N) is 3. The molecule has 0 fully saturated rings. The summed E-state index contributed by atoms with van der Waals surface area (Å²) in [4.78, 5) is 0. The van der Waals surface area contributed by atoms with Gasteiger partial charge in [-0.25, -0.2) is 9.07 Å². The quantitative estimate of drug-likeness (QED) is 0.903. The second-order valence-corrected chi connectivity index (χ2v) is 4.34. The van der Waals surface area contributed by atoms with Crippen LogP contribution >= 0.6 is 0 Å². The lowest BCUT2D eigenvalue weighted by Gasteiger charge is -2.05. The zero-order valence-corrected chi connectivity index (χ0v) is 10.5. The Morgan fingerprint density at radius 1 is 1.44 bits per heavy atom. The third-order valence-corrected chi connectivity index (χ3v) is 2.93. The summed E-state index contributed by atoms with van der Waals surface area (Å²) in [6, 6.07) is 4.67. The molecule has 0 saturated heterocycles. The number of aryl methyl sites for hydroxylation is 1. The first-order valence-corrected chi connectivity index (χ1v) is 5.93. The van der Waals surface area contributed by atoms with Crippen molar-refractivity contribution in [2.75, 3.05) is 0 Å². The molecule has 0 spiro atoms. The van der Waals surface area contributed by atoms with Crippen LogP contribution in [0.4, 0.5) is 4.39 Å². The minimum absolute atomic E-state index is 0.260. The van der Waals surface area contributed by atoms with Gasteiger partial charge in [0.15, 0.2) is 0 Å². The summed E-state index contributed by atoms with van der Waals surface area (Å²) in [6.45, 7) is 4.25. The van der Waals surface area contributed by atoms with E-state index in [1.807, 2.05) is 13.8 Å². The molecule has 18 heavy (non-hydrogen) atoms. The van der Waals surface area contributed by atoms with E-state index >= 15 is 0 Å². The van der Waals surface area contributed by atoms with Gasteiger partial charge in [0.05, 0.1) is 18.8 Å². The molecule has 1 atom stereocenters. The van der Waals surface area contributed by atoms with Crippen molar-refractivity contribution >= 4 is 0 Å². The number of aliphatic hydroxyl groups excluding tert-OH is 1. The summed E-state index contributed by atoms with van der Waals surface area (Å²) < 4.78 is 14.8. The van der Waals surface area contributed by atoms with Gasteiger partial charge in [-0.05, 0) is 36.6 Å². The first-order chi connectivity index (χ1) is 8.60. The van der Waals surface area contributed by atoms with Gasteiger partial charge in [0.25, 0.3) is 0 Å². The van der Waals surface area contributed by atoms with Gasteiger partial charge in [0.2, 0.25) is 0 Å². The maximum Gasteiger partial charge on any atom is 0.123 e. The minimum Gasteiger partial charge on any atom is -0.387 e. The smallest absolute Gasteiger partial charge is 0.123 e. The molecule has 0 aliphatic heterocycles. The Morgan fingerprint density at radius 2 is 2.22 bits per heavy atom. The Bertz CT molecular complexity index is 539. The van der Waals surface area contributed by atoms with Crippen molar-refractivity contribution in [2.24, 2.45) is 0 Å². The Balaban J connectivity index is 2.18. The van der Waals surface area contributed by atoms with Crippen molar-refractivity contribution in [1.82, 2.24) is 15.0 Å². The summed E-state index contributed by atoms with van der Waals surface area (Å²) in [7, 11) is 0. The SMILES string of the molecule is CCC(O)c1cn(Cc2cc(F)ccc2C)nn1. The van der Waals surface area contributed by atoms with Gasteiger partial charge in [-0.2, -0.15) is 0 Å². The van der Waals surface area contributed by atoms with E-state index in [0.717, 1.165) is 11.1 Å². The molecule has 0 radical (unpaired) electrons. The Kier molecular flexibility index (Phi) is 3.72. The van der Waals surface area contributed by atoms with Crippen molar-refractivity contribution in [3.05, 3.63) is 47.0 Å². The second kappa shape index (κ2) is 5.27. The molecule has 4 nitrogen and oxygen atoms in total. The molecule has 0 bridgehead atoms. The molecule has 2 rings (SSSR count). The summed E-state index contributed by atoms with van der Waals surface area (Å²) in [5, 5.41) is 17.5. The van der Waals surface area contributed by atoms with E-state index in [1.54, 1.807) is 16.9 Å². The van der Waals surface area contributed by atoms with Crippen LogP contribution in [0, 0.1) is 12.7 Å². The van der Waals surface area contributed by atoms with Crippen molar-refractivity contribution in [3.63, 3.8) is 0 Å². The number of aliphatic hydroxyl groups is 1. The minimum atomic E-state index is -0.590. The van der Waals surface area contributed by atoms with E-state index in [4.69, 9.17) is 0 Å². The number of hydrogen-bond donors (Lipinski definition) is 1. The van der Waals surface area contributed by atoms with Crippen LogP contribution in [0.5, 0.6) is 0 Å². The van der Waals surface area contributed by atoms with Crippen molar-refractivity contribution < 1.29 is 9.50 Å². The van der Waals surface area contributed by atoms with Crippen molar-refractivity contribution in [2.45, 2.75) is 32.9 Å². The highest BCUT2D eigenvalue weighted by Crippen LogP contribution is 2.15. The topological polar surface area (TPSA) is 50.9 Å².